The van der Waals surface area contributed by atoms with Gasteiger partial charge in [0.25, 0.3) is 0 Å². The average Bonchev–Trinajstić information content (AvgIpc) is 2.67. The zero-order valence-electron chi connectivity index (χ0n) is 15.4. The first kappa shape index (κ1) is 17.9. The van der Waals surface area contributed by atoms with E-state index in [1.54, 1.807) is 13.0 Å². The van der Waals surface area contributed by atoms with Crippen LogP contribution in [0.4, 0.5) is 10.2 Å². The molecule has 7 heteroatoms. The zero-order valence-corrected chi connectivity index (χ0v) is 15.4. The number of morpholine rings is 1. The van der Waals surface area contributed by atoms with Gasteiger partial charge >= 0.3 is 0 Å². The summed E-state index contributed by atoms with van der Waals surface area (Å²) < 4.78 is 19.0. The lowest BCUT2D eigenvalue weighted by Gasteiger charge is -2.34. The molecule has 1 aromatic carbocycles. The Labute approximate surface area is 158 Å². The molecule has 1 saturated heterocycles. The van der Waals surface area contributed by atoms with E-state index < -0.39 is 0 Å². The first-order valence-corrected chi connectivity index (χ1v) is 9.31. The first-order chi connectivity index (χ1) is 13.1. The number of halogens is 1. The molecule has 6 nitrogen and oxygen atoms in total. The lowest BCUT2D eigenvalue weighted by Crippen LogP contribution is -2.40. The highest BCUT2D eigenvalue weighted by Gasteiger charge is 2.27. The number of hydrogen-bond donors (Lipinski definition) is 0. The predicted octanol–water partition coefficient (Wildman–Crippen LogP) is 1.95. The van der Waals surface area contributed by atoms with Gasteiger partial charge in [0.1, 0.15) is 17.5 Å². The second kappa shape index (κ2) is 7.60. The summed E-state index contributed by atoms with van der Waals surface area (Å²) in [5.41, 5.74) is 2.88. The summed E-state index contributed by atoms with van der Waals surface area (Å²) in [6.07, 6.45) is 1.20. The number of hydrogen-bond acceptors (Lipinski definition) is 5. The number of fused-ring (bicyclic) bond motifs is 1. The van der Waals surface area contributed by atoms with Gasteiger partial charge < -0.3 is 14.5 Å². The number of benzene rings is 1. The molecule has 3 heterocycles. The maximum atomic E-state index is 13.5. The normalized spacial score (nSPS) is 17.0. The van der Waals surface area contributed by atoms with Gasteiger partial charge in [0.15, 0.2) is 0 Å². The van der Waals surface area contributed by atoms with Crippen LogP contribution in [0.25, 0.3) is 0 Å². The van der Waals surface area contributed by atoms with Crippen LogP contribution in [0.3, 0.4) is 0 Å². The van der Waals surface area contributed by atoms with E-state index >= 15 is 0 Å². The summed E-state index contributed by atoms with van der Waals surface area (Å²) in [7, 11) is 0. The lowest BCUT2D eigenvalue weighted by atomic mass is 10.0. The van der Waals surface area contributed by atoms with Crippen molar-refractivity contribution in [3.8, 4) is 0 Å². The highest BCUT2D eigenvalue weighted by Crippen LogP contribution is 2.28. The van der Waals surface area contributed by atoms with Gasteiger partial charge in [0, 0.05) is 45.0 Å². The fourth-order valence-electron chi connectivity index (χ4n) is 3.66. The molecule has 1 fully saturated rings. The maximum absolute atomic E-state index is 13.5. The van der Waals surface area contributed by atoms with Crippen molar-refractivity contribution in [3.05, 3.63) is 52.7 Å². The molecule has 0 spiro atoms. The minimum atomic E-state index is -0.254. The van der Waals surface area contributed by atoms with E-state index in [0.29, 0.717) is 45.0 Å². The SMILES string of the molecule is CC(=O)N1CCc2nc(Cc3cccc(F)c3)nc(N3CCOCC3)c2C1. The highest BCUT2D eigenvalue weighted by atomic mass is 19.1. The van der Waals surface area contributed by atoms with Crippen molar-refractivity contribution >= 4 is 11.7 Å². The molecule has 0 N–H and O–H groups in total. The van der Waals surface area contributed by atoms with Gasteiger partial charge in [-0.25, -0.2) is 14.4 Å². The first-order valence-electron chi connectivity index (χ1n) is 9.31. The van der Waals surface area contributed by atoms with Crippen molar-refractivity contribution in [2.45, 2.75) is 26.3 Å². The van der Waals surface area contributed by atoms with E-state index in [4.69, 9.17) is 14.7 Å². The van der Waals surface area contributed by atoms with E-state index in [0.717, 1.165) is 35.7 Å². The van der Waals surface area contributed by atoms with E-state index in [9.17, 15) is 9.18 Å². The number of amides is 1. The quantitative estimate of drug-likeness (QED) is 0.827. The Bertz CT molecular complexity index is 852. The minimum Gasteiger partial charge on any atom is -0.378 e. The van der Waals surface area contributed by atoms with Crippen molar-refractivity contribution in [2.75, 3.05) is 37.7 Å². The standard InChI is InChI=1S/C20H23FN4O2/c1-14(26)25-6-5-18-17(13-25)20(24-7-9-27-10-8-24)23-19(22-18)12-15-3-2-4-16(21)11-15/h2-4,11H,5-10,12-13H2,1H3. The van der Waals surface area contributed by atoms with Gasteiger partial charge in [-0.3, -0.25) is 4.79 Å². The summed E-state index contributed by atoms with van der Waals surface area (Å²) in [6.45, 7) is 5.66. The van der Waals surface area contributed by atoms with Crippen LogP contribution in [-0.2, 0) is 28.9 Å². The van der Waals surface area contributed by atoms with Gasteiger partial charge in [-0.15, -0.1) is 0 Å². The topological polar surface area (TPSA) is 58.6 Å². The summed E-state index contributed by atoms with van der Waals surface area (Å²) in [5, 5.41) is 0. The van der Waals surface area contributed by atoms with Crippen molar-refractivity contribution in [1.82, 2.24) is 14.9 Å². The number of rotatable bonds is 3. The number of ether oxygens (including phenoxy) is 1. The van der Waals surface area contributed by atoms with E-state index in [-0.39, 0.29) is 11.7 Å². The number of carbonyl (C=O) groups excluding carboxylic acids is 1. The molecule has 0 aliphatic carbocycles. The van der Waals surface area contributed by atoms with Crippen LogP contribution in [0.5, 0.6) is 0 Å². The van der Waals surface area contributed by atoms with Crippen molar-refractivity contribution in [2.24, 2.45) is 0 Å². The lowest BCUT2D eigenvalue weighted by molar-refractivity contribution is -0.129. The molecule has 142 valence electrons. The van der Waals surface area contributed by atoms with Gasteiger partial charge in [0.05, 0.1) is 25.5 Å². The second-order valence-corrected chi connectivity index (χ2v) is 6.99. The Hall–Kier alpha value is -2.54. The van der Waals surface area contributed by atoms with Crippen molar-refractivity contribution in [3.63, 3.8) is 0 Å². The molecule has 2 aromatic rings. The van der Waals surface area contributed by atoms with Crippen LogP contribution in [0.2, 0.25) is 0 Å². The molecule has 0 radical (unpaired) electrons. The molecule has 4 rings (SSSR count). The smallest absolute Gasteiger partial charge is 0.219 e. The van der Waals surface area contributed by atoms with Crippen LogP contribution in [0.15, 0.2) is 24.3 Å². The molecular weight excluding hydrogens is 347 g/mol. The number of nitrogens with zero attached hydrogens (tertiary/aromatic N) is 4. The molecule has 2 aliphatic rings. The van der Waals surface area contributed by atoms with E-state index in [1.807, 2.05) is 11.0 Å². The van der Waals surface area contributed by atoms with Crippen LogP contribution in [-0.4, -0.2) is 53.6 Å². The highest BCUT2D eigenvalue weighted by molar-refractivity contribution is 5.74. The van der Waals surface area contributed by atoms with Crippen molar-refractivity contribution in [1.29, 1.82) is 0 Å². The van der Waals surface area contributed by atoms with E-state index in [1.165, 1.54) is 12.1 Å². The molecule has 2 aliphatic heterocycles. The van der Waals surface area contributed by atoms with Gasteiger partial charge in [-0.2, -0.15) is 0 Å². The fourth-order valence-corrected chi connectivity index (χ4v) is 3.66. The molecule has 27 heavy (non-hydrogen) atoms. The van der Waals surface area contributed by atoms with Crippen LogP contribution < -0.4 is 4.90 Å². The van der Waals surface area contributed by atoms with Crippen LogP contribution in [0.1, 0.15) is 29.6 Å². The number of aromatic nitrogens is 2. The summed E-state index contributed by atoms with van der Waals surface area (Å²) in [6, 6.07) is 6.55. The molecule has 1 aromatic heterocycles. The average molecular weight is 370 g/mol. The third kappa shape index (κ3) is 3.93. The Morgan fingerprint density at radius 2 is 2.04 bits per heavy atom. The third-order valence-electron chi connectivity index (χ3n) is 5.09. The Morgan fingerprint density at radius 3 is 2.78 bits per heavy atom. The van der Waals surface area contributed by atoms with Crippen LogP contribution in [0, 0.1) is 5.82 Å². The molecular formula is C20H23FN4O2. The van der Waals surface area contributed by atoms with Crippen LogP contribution >= 0.6 is 0 Å². The Kier molecular flexibility index (Phi) is 5.03. The fraction of sp³-hybridized carbons (Fsp3) is 0.450. The van der Waals surface area contributed by atoms with E-state index in [2.05, 4.69) is 4.90 Å². The Balaban J connectivity index is 1.70. The third-order valence-corrected chi connectivity index (χ3v) is 5.09. The number of anilines is 1. The molecule has 0 bridgehead atoms. The second-order valence-electron chi connectivity index (χ2n) is 6.99. The minimum absolute atomic E-state index is 0.0671. The maximum Gasteiger partial charge on any atom is 0.219 e. The zero-order chi connectivity index (χ0) is 18.8. The summed E-state index contributed by atoms with van der Waals surface area (Å²) in [4.78, 5) is 25.5. The van der Waals surface area contributed by atoms with Gasteiger partial charge in [0.2, 0.25) is 5.91 Å². The van der Waals surface area contributed by atoms with Crippen molar-refractivity contribution < 1.29 is 13.9 Å². The van der Waals surface area contributed by atoms with Gasteiger partial charge in [-0.1, -0.05) is 12.1 Å². The monoisotopic (exact) mass is 370 g/mol. The molecule has 0 saturated carbocycles. The molecule has 0 unspecified atom stereocenters. The predicted molar refractivity (Wildman–Crippen MR) is 99.1 cm³/mol. The molecule has 0 atom stereocenters. The number of carbonyl (C=O) groups is 1. The largest absolute Gasteiger partial charge is 0.378 e. The Morgan fingerprint density at radius 1 is 1.22 bits per heavy atom. The van der Waals surface area contributed by atoms with Gasteiger partial charge in [-0.05, 0) is 17.7 Å². The summed E-state index contributed by atoms with van der Waals surface area (Å²) >= 11 is 0. The summed E-state index contributed by atoms with van der Waals surface area (Å²) in [5.74, 6) is 1.39. The molecule has 1 amide bonds.